The summed E-state index contributed by atoms with van der Waals surface area (Å²) < 4.78 is 28.1. The van der Waals surface area contributed by atoms with E-state index in [2.05, 4.69) is 123 Å². The number of hydrogen-bond acceptors (Lipinski definition) is 18. The van der Waals surface area contributed by atoms with Crippen LogP contribution in [0.3, 0.4) is 0 Å². The third-order valence-corrected chi connectivity index (χ3v) is 26.0. The molecule has 14 aromatic carbocycles. The van der Waals surface area contributed by atoms with Crippen LogP contribution in [0.5, 0.6) is 46.0 Å². The minimum absolute atomic E-state index is 0.00900. The third kappa shape index (κ3) is 14.5. The lowest BCUT2D eigenvalue weighted by atomic mass is 9.81. The fourth-order valence-corrected chi connectivity index (χ4v) is 19.2. The van der Waals surface area contributed by atoms with E-state index in [0.29, 0.717) is 167 Å². The summed E-state index contributed by atoms with van der Waals surface area (Å²) in [4.78, 5) is 141. The van der Waals surface area contributed by atoms with Crippen molar-refractivity contribution >= 4 is 151 Å². The number of carbonyl (C=O) groups excluding carboxylic acids is 8. The Kier molecular flexibility index (Phi) is 20.7. The second-order valence-corrected chi connectivity index (χ2v) is 38.7. The Labute approximate surface area is 747 Å². The molecule has 22 nitrogen and oxygen atoms in total. The lowest BCUT2D eigenvalue weighted by Gasteiger charge is -2.31. The molecule has 0 fully saturated rings. The molecule has 0 saturated heterocycles. The molecule has 1 aromatic heterocycles. The van der Waals surface area contributed by atoms with E-state index < -0.39 is 47.3 Å². The first-order chi connectivity index (χ1) is 61.7. The molecule has 8 amide bonds. The number of ether oxygens (including phenoxy) is 4. The number of amides is 8. The SMILES string of the molecule is CCCCCCN1C(=O)c2ccc3c4c(Oc5ccc(C(C)(C)C)cc5)cc5c6c(ccc(c7c(Oc8ccc(C(C)(C)C)cc8)cc(c2c37)C1=O)c64)C(=O)N(CCNc1nc(N)nc(NCCN2C(=O)c3ccc4c6c(Oc7ccc(C(C)(C)C)cc7)cc7c8c(ccc(c9c(Oc%10ccc(C(C)(C)C)cc%10)cc(c3c49)C2=O)c86)C(=O)N(CCCCCC)C7=O)n1)C5=O. The highest BCUT2D eigenvalue weighted by molar-refractivity contribution is 6.45. The summed E-state index contributed by atoms with van der Waals surface area (Å²) in [6.07, 6.45) is 6.91. The van der Waals surface area contributed by atoms with Gasteiger partial charge in [-0.25, -0.2) is 0 Å². The normalized spacial score (nSPS) is 14.3. The molecular formula is C107H102N10O12. The molecule has 652 valence electrons. The number of nitrogens with zero attached hydrogens (tertiary/aromatic N) is 7. The number of unbranched alkanes of at least 4 members (excludes halogenated alkanes) is 6. The highest BCUT2D eigenvalue weighted by Crippen LogP contribution is 2.56. The van der Waals surface area contributed by atoms with Crippen molar-refractivity contribution in [1.29, 1.82) is 0 Å². The summed E-state index contributed by atoms with van der Waals surface area (Å²) in [6.45, 7) is 29.8. The highest BCUT2D eigenvalue weighted by atomic mass is 16.5. The van der Waals surface area contributed by atoms with Gasteiger partial charge in [0.1, 0.15) is 46.0 Å². The van der Waals surface area contributed by atoms with Crippen LogP contribution in [0.2, 0.25) is 0 Å². The number of rotatable bonds is 26. The molecule has 5 heterocycles. The zero-order valence-corrected chi connectivity index (χ0v) is 75.2. The fourth-order valence-electron chi connectivity index (χ4n) is 19.2. The van der Waals surface area contributed by atoms with Crippen LogP contribution < -0.4 is 35.3 Å². The first-order valence-electron chi connectivity index (χ1n) is 44.8. The highest BCUT2D eigenvalue weighted by Gasteiger charge is 2.43. The van der Waals surface area contributed by atoms with Crippen LogP contribution in [0.1, 0.15) is 253 Å². The molecule has 0 aliphatic carbocycles. The van der Waals surface area contributed by atoms with Crippen LogP contribution in [-0.4, -0.2) is 121 Å². The summed E-state index contributed by atoms with van der Waals surface area (Å²) in [5, 5.41) is 15.0. The second kappa shape index (κ2) is 31.7. The van der Waals surface area contributed by atoms with Gasteiger partial charge >= 0.3 is 0 Å². The van der Waals surface area contributed by atoms with E-state index >= 15 is 28.8 Å². The topological polar surface area (TPSA) is 275 Å². The number of anilines is 3. The van der Waals surface area contributed by atoms with Crippen molar-refractivity contribution in [2.24, 2.45) is 0 Å². The van der Waals surface area contributed by atoms with E-state index in [4.69, 9.17) is 24.7 Å². The summed E-state index contributed by atoms with van der Waals surface area (Å²) >= 11 is 0. The molecule has 4 aliphatic rings. The number of nitrogens with one attached hydrogen (secondary N) is 2. The average molecular weight is 1720 g/mol. The predicted octanol–water partition coefficient (Wildman–Crippen LogP) is 23.7. The Bertz CT molecular complexity index is 6830. The minimum Gasteiger partial charge on any atom is -0.457 e. The van der Waals surface area contributed by atoms with Crippen molar-refractivity contribution < 1.29 is 57.3 Å². The fraction of sp³-hybridized carbons (Fsp3) is 0.299. The zero-order valence-electron chi connectivity index (χ0n) is 75.2. The van der Waals surface area contributed by atoms with Crippen molar-refractivity contribution in [2.75, 3.05) is 55.6 Å². The predicted molar refractivity (Wildman–Crippen MR) is 507 cm³/mol. The maximum atomic E-state index is 15.7. The molecule has 0 saturated carbocycles. The van der Waals surface area contributed by atoms with Crippen molar-refractivity contribution in [3.8, 4) is 46.0 Å². The van der Waals surface area contributed by atoms with E-state index in [9.17, 15) is 9.59 Å². The Morgan fingerprint density at radius 2 is 0.504 bits per heavy atom. The molecule has 4 N–H and O–H groups in total. The first kappa shape index (κ1) is 84.3. The first-order valence-corrected chi connectivity index (χ1v) is 44.8. The molecule has 0 unspecified atom stereocenters. The largest absolute Gasteiger partial charge is 0.457 e. The molecule has 22 heteroatoms. The van der Waals surface area contributed by atoms with Crippen LogP contribution >= 0.6 is 0 Å². The maximum absolute atomic E-state index is 15.7. The van der Waals surface area contributed by atoms with E-state index in [1.165, 1.54) is 19.6 Å². The number of nitrogen functional groups attached to an aromatic ring is 1. The van der Waals surface area contributed by atoms with Gasteiger partial charge in [0.25, 0.3) is 47.3 Å². The van der Waals surface area contributed by atoms with Gasteiger partial charge in [0.15, 0.2) is 0 Å². The number of imide groups is 4. The molecule has 19 rings (SSSR count). The lowest BCUT2D eigenvalue weighted by molar-refractivity contribution is 0.0592. The number of benzene rings is 14. The standard InChI is InChI=1S/C107H102N10O12/c1-15-17-19-21-49-114-93(118)69-43-39-65-87-79(128-63-35-27-59(28-36-63)106(9,10)11)55-75-83-71(45-41-67(91(83)87)85-77(53-73(97(114)122)81(69)89(65)85)126-61-31-23-57(24-32-61)104(3,4)5)95(120)116(99(75)124)51-47-109-102-111-101(108)112-103(113-102)110-48-52-117-96(121)72-46-42-68-86-78(127-62-33-25-58(26-34-62)105(6,7)8)54-74-82-70(94(119)115(98(74)123)50-22-20-18-16-2)44-40-66(90(82)86)88-80(56-76(100(117)125)84(72)92(68)88)129-64-37-29-60(30-38-64)107(12,13)14/h23-46,53-56H,15-22,47-52H2,1-14H3,(H4,108,109,110,111,112,113). The Morgan fingerprint density at radius 1 is 0.271 bits per heavy atom. The van der Waals surface area contributed by atoms with Crippen molar-refractivity contribution in [3.63, 3.8) is 0 Å². The molecule has 0 radical (unpaired) electrons. The van der Waals surface area contributed by atoms with Gasteiger partial charge in [0.05, 0.1) is 22.3 Å². The van der Waals surface area contributed by atoms with Gasteiger partial charge in [-0.3, -0.25) is 58.0 Å². The lowest BCUT2D eigenvalue weighted by Crippen LogP contribution is -2.43. The van der Waals surface area contributed by atoms with Gasteiger partial charge < -0.3 is 35.3 Å². The third-order valence-electron chi connectivity index (χ3n) is 26.0. The maximum Gasteiger partial charge on any atom is 0.261 e. The van der Waals surface area contributed by atoms with Crippen LogP contribution in [0.4, 0.5) is 17.8 Å². The van der Waals surface area contributed by atoms with Gasteiger partial charge in [-0.05, 0) is 175 Å². The van der Waals surface area contributed by atoms with E-state index in [1.807, 2.05) is 121 Å². The molecule has 0 spiro atoms. The van der Waals surface area contributed by atoms with Crippen molar-refractivity contribution in [1.82, 2.24) is 34.6 Å². The van der Waals surface area contributed by atoms with Crippen LogP contribution in [0, 0.1) is 0 Å². The van der Waals surface area contributed by atoms with Crippen LogP contribution in [0.25, 0.3) is 86.2 Å². The molecular weight excluding hydrogens is 1620 g/mol. The van der Waals surface area contributed by atoms with Gasteiger partial charge in [-0.2, -0.15) is 15.0 Å². The Hall–Kier alpha value is -14.2. The average Bonchev–Trinajstić information content (AvgIpc) is 0.683. The Balaban J connectivity index is 0.641. The number of carbonyl (C=O) groups is 8. The summed E-state index contributed by atoms with van der Waals surface area (Å²) in [5.74, 6) is -0.954. The monoisotopic (exact) mass is 1720 g/mol. The molecule has 0 atom stereocenters. The number of nitrogens with two attached hydrogens (primary N) is 1. The van der Waals surface area contributed by atoms with Crippen molar-refractivity contribution in [2.45, 2.75) is 170 Å². The molecule has 0 bridgehead atoms. The van der Waals surface area contributed by atoms with Gasteiger partial charge in [-0.1, -0.05) is 208 Å². The molecule has 15 aromatic rings. The number of fused-ring (bicyclic) bond motifs is 4. The van der Waals surface area contributed by atoms with Crippen LogP contribution in [-0.2, 0) is 21.7 Å². The quantitative estimate of drug-likeness (QED) is 0.0197. The summed E-state index contributed by atoms with van der Waals surface area (Å²) in [7, 11) is 0. The minimum atomic E-state index is -0.607. The van der Waals surface area contributed by atoms with E-state index in [0.717, 1.165) is 60.8 Å². The second-order valence-electron chi connectivity index (χ2n) is 38.7. The van der Waals surface area contributed by atoms with Gasteiger partial charge in [0.2, 0.25) is 17.8 Å². The summed E-state index contributed by atoms with van der Waals surface area (Å²) in [6, 6.07) is 52.5. The zero-order chi connectivity index (χ0) is 90.5. The summed E-state index contributed by atoms with van der Waals surface area (Å²) in [5.41, 5.74) is 12.3. The van der Waals surface area contributed by atoms with E-state index in [-0.39, 0.29) is 101 Å². The van der Waals surface area contributed by atoms with Gasteiger partial charge in [0, 0.05) is 126 Å². The molecule has 129 heavy (non-hydrogen) atoms. The Morgan fingerprint density at radius 3 is 0.736 bits per heavy atom. The van der Waals surface area contributed by atoms with Crippen LogP contribution in [0.15, 0.2) is 170 Å². The van der Waals surface area contributed by atoms with E-state index in [1.54, 1.807) is 48.5 Å². The number of aromatic nitrogens is 3. The van der Waals surface area contributed by atoms with Gasteiger partial charge in [-0.15, -0.1) is 0 Å². The smallest absolute Gasteiger partial charge is 0.261 e. The molecule has 4 aliphatic heterocycles. The number of hydrogen-bond donors (Lipinski definition) is 3. The van der Waals surface area contributed by atoms with Crippen molar-refractivity contribution in [3.05, 3.63) is 237 Å².